The normalized spacial score (nSPS) is 17.6. The second-order valence-electron chi connectivity index (χ2n) is 7.37. The maximum absolute atomic E-state index is 13.5. The smallest absolute Gasteiger partial charge is 0.294 e. The Balaban J connectivity index is 1.48. The molecular weight excluding hydrogens is 430 g/mol. The van der Waals surface area contributed by atoms with E-state index in [0.29, 0.717) is 22.8 Å². The predicted octanol–water partition coefficient (Wildman–Crippen LogP) is 5.01. The van der Waals surface area contributed by atoms with Crippen molar-refractivity contribution in [3.63, 3.8) is 0 Å². The lowest BCUT2D eigenvalue weighted by atomic mass is 10.00. The highest BCUT2D eigenvalue weighted by atomic mass is 32.1. The van der Waals surface area contributed by atoms with Gasteiger partial charge >= 0.3 is 0 Å². The summed E-state index contributed by atoms with van der Waals surface area (Å²) in [5, 5.41) is 13.5. The molecule has 0 bridgehead atoms. The summed E-state index contributed by atoms with van der Waals surface area (Å²) >= 11 is 1.39. The van der Waals surface area contributed by atoms with Crippen molar-refractivity contribution in [3.8, 4) is 11.5 Å². The van der Waals surface area contributed by atoms with Crippen molar-refractivity contribution in [2.45, 2.75) is 6.04 Å². The third kappa shape index (κ3) is 2.73. The minimum atomic E-state index is -0.802. The van der Waals surface area contributed by atoms with Crippen LogP contribution < -0.4 is 14.4 Å². The standard InChI is InChI=1S/C24H15NO6S/c26-22(18-10-13-4-1-2-5-15(13)31-18)20-21(19-6-3-9-32-19)25(24(28)23(20)27)14-7-8-16-17(11-14)30-12-29-16/h1-11,21,27H,12H2. The molecule has 0 saturated heterocycles. The summed E-state index contributed by atoms with van der Waals surface area (Å²) in [4.78, 5) is 28.8. The van der Waals surface area contributed by atoms with Gasteiger partial charge in [-0.15, -0.1) is 11.3 Å². The number of carbonyl (C=O) groups excluding carboxylic acids is 2. The Morgan fingerprint density at radius 1 is 1.03 bits per heavy atom. The molecule has 0 radical (unpaired) electrons. The summed E-state index contributed by atoms with van der Waals surface area (Å²) in [5.41, 5.74) is 1.02. The molecule has 1 atom stereocenters. The minimum absolute atomic E-state index is 0.0193. The van der Waals surface area contributed by atoms with Gasteiger partial charge in [0.15, 0.2) is 23.0 Å². The summed E-state index contributed by atoms with van der Waals surface area (Å²) < 4.78 is 16.5. The molecule has 8 heteroatoms. The SMILES string of the molecule is O=C(C1=C(O)C(=O)N(c2ccc3c(c2)OCO3)C1c1cccs1)c1cc2ccccc2o1. The molecule has 2 aliphatic rings. The van der Waals surface area contributed by atoms with Crippen molar-refractivity contribution in [1.82, 2.24) is 0 Å². The number of carbonyl (C=O) groups is 2. The number of amides is 1. The van der Waals surface area contributed by atoms with Crippen LogP contribution in [0.15, 0.2) is 81.8 Å². The van der Waals surface area contributed by atoms with E-state index in [1.165, 1.54) is 16.2 Å². The van der Waals surface area contributed by atoms with E-state index < -0.39 is 23.5 Å². The maximum Gasteiger partial charge on any atom is 0.294 e. The number of aliphatic hydroxyl groups is 1. The fourth-order valence-electron chi connectivity index (χ4n) is 4.08. The van der Waals surface area contributed by atoms with Crippen LogP contribution in [0, 0.1) is 0 Å². The summed E-state index contributed by atoms with van der Waals surface area (Å²) in [6, 6.07) is 16.8. The third-order valence-electron chi connectivity index (χ3n) is 5.55. The molecule has 2 aliphatic heterocycles. The van der Waals surface area contributed by atoms with Gasteiger partial charge in [0, 0.05) is 22.0 Å². The molecule has 7 nitrogen and oxygen atoms in total. The monoisotopic (exact) mass is 445 g/mol. The van der Waals surface area contributed by atoms with Gasteiger partial charge in [-0.3, -0.25) is 14.5 Å². The number of furan rings is 1. The molecule has 0 fully saturated rings. The highest BCUT2D eigenvalue weighted by Gasteiger charge is 2.46. The van der Waals surface area contributed by atoms with E-state index in [2.05, 4.69) is 0 Å². The lowest BCUT2D eigenvalue weighted by Crippen LogP contribution is -2.30. The van der Waals surface area contributed by atoms with E-state index in [9.17, 15) is 14.7 Å². The zero-order valence-corrected chi connectivity index (χ0v) is 17.3. The zero-order valence-electron chi connectivity index (χ0n) is 16.5. The van der Waals surface area contributed by atoms with Crippen LogP contribution >= 0.6 is 11.3 Å². The van der Waals surface area contributed by atoms with Crippen LogP contribution in [0.1, 0.15) is 21.5 Å². The van der Waals surface area contributed by atoms with Crippen molar-refractivity contribution in [2.75, 3.05) is 11.7 Å². The summed E-state index contributed by atoms with van der Waals surface area (Å²) in [6.45, 7) is 0.0976. The number of thiophene rings is 1. The molecule has 1 N–H and O–H groups in total. The fraction of sp³-hybridized carbons (Fsp3) is 0.0833. The van der Waals surface area contributed by atoms with E-state index in [4.69, 9.17) is 13.9 Å². The van der Waals surface area contributed by atoms with Crippen LogP contribution in [-0.4, -0.2) is 23.6 Å². The summed E-state index contributed by atoms with van der Waals surface area (Å²) in [6.07, 6.45) is 0. The Kier molecular flexibility index (Phi) is 4.09. The predicted molar refractivity (Wildman–Crippen MR) is 117 cm³/mol. The van der Waals surface area contributed by atoms with Crippen molar-refractivity contribution in [1.29, 1.82) is 0 Å². The number of para-hydroxylation sites is 1. The van der Waals surface area contributed by atoms with Gasteiger partial charge < -0.3 is 19.0 Å². The number of anilines is 1. The average molecular weight is 445 g/mol. The molecule has 0 spiro atoms. The highest BCUT2D eigenvalue weighted by molar-refractivity contribution is 7.10. The summed E-state index contributed by atoms with van der Waals surface area (Å²) in [5.74, 6) is -0.655. The van der Waals surface area contributed by atoms with Gasteiger partial charge in [-0.05, 0) is 35.7 Å². The molecule has 4 heterocycles. The quantitative estimate of drug-likeness (QED) is 0.445. The number of hydrogen-bond donors (Lipinski definition) is 1. The number of ether oxygens (including phenoxy) is 2. The van der Waals surface area contributed by atoms with Gasteiger partial charge in [0.2, 0.25) is 12.6 Å². The number of ketones is 1. The van der Waals surface area contributed by atoms with Crippen LogP contribution in [0.2, 0.25) is 0 Å². The molecule has 1 unspecified atom stereocenters. The van der Waals surface area contributed by atoms with Gasteiger partial charge in [-0.2, -0.15) is 0 Å². The van der Waals surface area contributed by atoms with E-state index in [1.807, 2.05) is 35.7 Å². The van der Waals surface area contributed by atoms with Crippen LogP contribution in [0.5, 0.6) is 11.5 Å². The lowest BCUT2D eigenvalue weighted by molar-refractivity contribution is -0.117. The molecule has 0 saturated carbocycles. The number of aliphatic hydroxyl groups excluding tert-OH is 1. The Morgan fingerprint density at radius 2 is 1.88 bits per heavy atom. The lowest BCUT2D eigenvalue weighted by Gasteiger charge is -2.25. The molecule has 158 valence electrons. The number of rotatable bonds is 4. The van der Waals surface area contributed by atoms with Crippen molar-refractivity contribution >= 4 is 39.7 Å². The zero-order chi connectivity index (χ0) is 21.8. The van der Waals surface area contributed by atoms with Crippen LogP contribution in [-0.2, 0) is 4.79 Å². The Bertz CT molecular complexity index is 1380. The van der Waals surface area contributed by atoms with E-state index in [0.717, 1.165) is 10.3 Å². The number of nitrogens with zero attached hydrogens (tertiary/aromatic N) is 1. The first-order valence-electron chi connectivity index (χ1n) is 9.85. The fourth-order valence-corrected chi connectivity index (χ4v) is 4.90. The number of Topliss-reactive ketones (excluding diaryl/α,β-unsaturated/α-hetero) is 1. The van der Waals surface area contributed by atoms with Gasteiger partial charge in [-0.1, -0.05) is 24.3 Å². The molecule has 0 aliphatic carbocycles. The average Bonchev–Trinajstić information content (AvgIpc) is 3.59. The molecule has 2 aromatic carbocycles. The molecule has 2 aromatic heterocycles. The summed E-state index contributed by atoms with van der Waals surface area (Å²) in [7, 11) is 0. The largest absolute Gasteiger partial charge is 0.503 e. The van der Waals surface area contributed by atoms with Gasteiger partial charge in [-0.25, -0.2) is 0 Å². The Hall–Kier alpha value is -4.04. The van der Waals surface area contributed by atoms with Crippen LogP contribution in [0.3, 0.4) is 0 Å². The number of fused-ring (bicyclic) bond motifs is 2. The second-order valence-corrected chi connectivity index (χ2v) is 8.35. The number of benzene rings is 2. The first kappa shape index (κ1) is 18.7. The molecule has 1 amide bonds. The highest BCUT2D eigenvalue weighted by Crippen LogP contribution is 2.46. The van der Waals surface area contributed by atoms with Gasteiger partial charge in [0.1, 0.15) is 11.6 Å². The third-order valence-corrected chi connectivity index (χ3v) is 6.47. The van der Waals surface area contributed by atoms with E-state index in [1.54, 1.807) is 30.3 Å². The Morgan fingerprint density at radius 3 is 2.69 bits per heavy atom. The molecule has 4 aromatic rings. The first-order chi connectivity index (χ1) is 15.6. The van der Waals surface area contributed by atoms with Gasteiger partial charge in [0.05, 0.1) is 5.57 Å². The van der Waals surface area contributed by atoms with Crippen LogP contribution in [0.25, 0.3) is 11.0 Å². The van der Waals surface area contributed by atoms with E-state index in [-0.39, 0.29) is 18.1 Å². The van der Waals surface area contributed by atoms with Crippen LogP contribution in [0.4, 0.5) is 5.69 Å². The first-order valence-corrected chi connectivity index (χ1v) is 10.7. The van der Waals surface area contributed by atoms with E-state index >= 15 is 0 Å². The van der Waals surface area contributed by atoms with Crippen molar-refractivity contribution < 1.29 is 28.6 Å². The second kappa shape index (κ2) is 7.00. The molecule has 32 heavy (non-hydrogen) atoms. The molecular formula is C24H15NO6S. The number of hydrogen-bond acceptors (Lipinski definition) is 7. The van der Waals surface area contributed by atoms with Crippen molar-refractivity contribution in [3.05, 3.63) is 88.0 Å². The van der Waals surface area contributed by atoms with Gasteiger partial charge in [0.25, 0.3) is 5.91 Å². The maximum atomic E-state index is 13.5. The Labute approximate surface area is 185 Å². The minimum Gasteiger partial charge on any atom is -0.503 e. The van der Waals surface area contributed by atoms with Crippen molar-refractivity contribution in [2.24, 2.45) is 0 Å². The molecule has 6 rings (SSSR count). The topological polar surface area (TPSA) is 89.2 Å².